The second-order valence-electron chi connectivity index (χ2n) is 10.2. The van der Waals surface area contributed by atoms with Crippen LogP contribution in [0.2, 0.25) is 5.02 Å². The highest BCUT2D eigenvalue weighted by Crippen LogP contribution is 2.23. The Hall–Kier alpha value is -2.72. The van der Waals surface area contributed by atoms with Gasteiger partial charge in [-0.1, -0.05) is 95.7 Å². The van der Waals surface area contributed by atoms with Crippen molar-refractivity contribution in [2.24, 2.45) is 0 Å². The summed E-state index contributed by atoms with van der Waals surface area (Å²) in [5.41, 5.74) is 3.59. The predicted molar refractivity (Wildman–Crippen MR) is 158 cm³/mol. The molecule has 1 heterocycles. The van der Waals surface area contributed by atoms with Crippen molar-refractivity contribution in [3.05, 3.63) is 76.6 Å². The number of carbonyl (C=O) groups excluding carboxylic acids is 1. The van der Waals surface area contributed by atoms with Crippen molar-refractivity contribution < 1.29 is 9.53 Å². The molecule has 3 rings (SSSR count). The molecule has 0 amide bonds. The number of nitrogens with zero attached hydrogens (tertiary/aromatic N) is 2. The van der Waals surface area contributed by atoms with Crippen molar-refractivity contribution in [3.8, 4) is 17.1 Å². The maximum absolute atomic E-state index is 12.6. The van der Waals surface area contributed by atoms with Gasteiger partial charge in [-0.15, -0.1) is 0 Å². The van der Waals surface area contributed by atoms with Gasteiger partial charge in [-0.05, 0) is 73.2 Å². The second kappa shape index (κ2) is 17.0. The first-order chi connectivity index (χ1) is 18.6. The van der Waals surface area contributed by atoms with Gasteiger partial charge in [0.25, 0.3) is 0 Å². The van der Waals surface area contributed by atoms with E-state index in [-0.39, 0.29) is 0 Å². The van der Waals surface area contributed by atoms with E-state index in [2.05, 4.69) is 23.8 Å². The number of carbonyl (C=O) groups is 1. The van der Waals surface area contributed by atoms with Crippen LogP contribution in [0.1, 0.15) is 112 Å². The van der Waals surface area contributed by atoms with Gasteiger partial charge in [0.1, 0.15) is 5.75 Å². The largest absolute Gasteiger partial charge is 0.423 e. The van der Waals surface area contributed by atoms with Crippen LogP contribution in [0.5, 0.6) is 5.75 Å². The monoisotopic (exact) mass is 534 g/mol. The van der Waals surface area contributed by atoms with Crippen LogP contribution in [0.3, 0.4) is 0 Å². The minimum Gasteiger partial charge on any atom is -0.423 e. The van der Waals surface area contributed by atoms with Gasteiger partial charge in [0, 0.05) is 23.0 Å². The van der Waals surface area contributed by atoms with Crippen LogP contribution < -0.4 is 4.74 Å². The molecular formula is C33H43ClN2O2. The Morgan fingerprint density at radius 1 is 0.737 bits per heavy atom. The Balaban J connectivity index is 1.45. The first-order valence-corrected chi connectivity index (χ1v) is 14.9. The lowest BCUT2D eigenvalue weighted by Crippen LogP contribution is -2.08. The van der Waals surface area contributed by atoms with Crippen LogP contribution >= 0.6 is 11.6 Å². The summed E-state index contributed by atoms with van der Waals surface area (Å²) in [6.45, 7) is 4.46. The van der Waals surface area contributed by atoms with E-state index in [0.717, 1.165) is 30.4 Å². The van der Waals surface area contributed by atoms with Crippen molar-refractivity contribution in [2.45, 2.75) is 104 Å². The Morgan fingerprint density at radius 2 is 1.32 bits per heavy atom. The van der Waals surface area contributed by atoms with Gasteiger partial charge in [-0.25, -0.2) is 14.8 Å². The molecule has 0 atom stereocenters. The summed E-state index contributed by atoms with van der Waals surface area (Å²) in [6.07, 6.45) is 21.1. The molecule has 0 fully saturated rings. The van der Waals surface area contributed by atoms with Gasteiger partial charge in [-0.2, -0.15) is 0 Å². The molecular weight excluding hydrogens is 492 g/mol. The lowest BCUT2D eigenvalue weighted by Gasteiger charge is -2.08. The van der Waals surface area contributed by atoms with E-state index in [4.69, 9.17) is 16.3 Å². The molecule has 0 aliphatic rings. The zero-order valence-electron chi connectivity index (χ0n) is 23.2. The van der Waals surface area contributed by atoms with E-state index in [1.165, 1.54) is 76.2 Å². The van der Waals surface area contributed by atoms with Crippen LogP contribution in [-0.2, 0) is 12.8 Å². The zero-order valence-corrected chi connectivity index (χ0v) is 23.9. The van der Waals surface area contributed by atoms with Crippen molar-refractivity contribution in [2.75, 3.05) is 0 Å². The van der Waals surface area contributed by atoms with Gasteiger partial charge in [0.05, 0.1) is 5.56 Å². The third-order valence-corrected chi connectivity index (χ3v) is 7.29. The topological polar surface area (TPSA) is 52.1 Å². The van der Waals surface area contributed by atoms with Crippen molar-refractivity contribution >= 4 is 17.6 Å². The van der Waals surface area contributed by atoms with Crippen LogP contribution in [0, 0.1) is 0 Å². The van der Waals surface area contributed by atoms with Crippen molar-refractivity contribution in [1.82, 2.24) is 9.97 Å². The maximum Gasteiger partial charge on any atom is 0.343 e. The number of esters is 1. The van der Waals surface area contributed by atoms with Gasteiger partial charge >= 0.3 is 5.97 Å². The Bertz CT molecular complexity index is 1100. The van der Waals surface area contributed by atoms with Crippen LogP contribution in [0.15, 0.2) is 54.9 Å². The van der Waals surface area contributed by atoms with E-state index < -0.39 is 5.97 Å². The first kappa shape index (κ1) is 29.8. The van der Waals surface area contributed by atoms with E-state index in [1.807, 2.05) is 30.6 Å². The molecule has 0 saturated carbocycles. The number of benzene rings is 2. The molecule has 4 nitrogen and oxygen atoms in total. The van der Waals surface area contributed by atoms with Crippen molar-refractivity contribution in [3.63, 3.8) is 0 Å². The van der Waals surface area contributed by atoms with Crippen LogP contribution in [0.4, 0.5) is 0 Å². The SMILES string of the molecule is CCCCCCCCCCc1cnc(-c2ccc(OC(=O)c3ccc(CCCCCC)c(Cl)c3)cc2)nc1. The molecule has 1 aromatic heterocycles. The quantitative estimate of drug-likeness (QED) is 0.0981. The normalized spacial score (nSPS) is 11.0. The molecule has 204 valence electrons. The molecule has 5 heteroatoms. The molecule has 0 aliphatic carbocycles. The fourth-order valence-electron chi connectivity index (χ4n) is 4.55. The molecule has 0 bridgehead atoms. The Morgan fingerprint density at radius 3 is 1.95 bits per heavy atom. The summed E-state index contributed by atoms with van der Waals surface area (Å²) < 4.78 is 5.57. The number of hydrogen-bond donors (Lipinski definition) is 0. The fourth-order valence-corrected chi connectivity index (χ4v) is 4.83. The third-order valence-electron chi connectivity index (χ3n) is 6.94. The molecule has 0 spiro atoms. The smallest absolute Gasteiger partial charge is 0.343 e. The summed E-state index contributed by atoms with van der Waals surface area (Å²) in [5.74, 6) is 0.729. The third kappa shape index (κ3) is 10.2. The first-order valence-electron chi connectivity index (χ1n) is 14.5. The molecule has 0 N–H and O–H groups in total. The number of rotatable bonds is 17. The molecule has 0 aliphatic heterocycles. The maximum atomic E-state index is 12.6. The van der Waals surface area contributed by atoms with Gasteiger partial charge in [0.2, 0.25) is 0 Å². The van der Waals surface area contributed by atoms with Gasteiger partial charge in [0.15, 0.2) is 5.82 Å². The molecule has 38 heavy (non-hydrogen) atoms. The van der Waals surface area contributed by atoms with E-state index >= 15 is 0 Å². The van der Waals surface area contributed by atoms with E-state index in [1.54, 1.807) is 24.3 Å². The number of aromatic nitrogens is 2. The van der Waals surface area contributed by atoms with E-state index in [0.29, 0.717) is 22.2 Å². The fraction of sp³-hybridized carbons (Fsp3) is 0.485. The van der Waals surface area contributed by atoms with Gasteiger partial charge in [-0.3, -0.25) is 0 Å². The summed E-state index contributed by atoms with van der Waals surface area (Å²) >= 11 is 6.43. The molecule has 2 aromatic carbocycles. The highest BCUT2D eigenvalue weighted by atomic mass is 35.5. The van der Waals surface area contributed by atoms with E-state index in [9.17, 15) is 4.79 Å². The molecule has 0 unspecified atom stereocenters. The molecule has 3 aromatic rings. The lowest BCUT2D eigenvalue weighted by atomic mass is 10.0. The number of hydrogen-bond acceptors (Lipinski definition) is 4. The molecule has 0 radical (unpaired) electrons. The summed E-state index contributed by atoms with van der Waals surface area (Å²) in [4.78, 5) is 21.8. The summed E-state index contributed by atoms with van der Waals surface area (Å²) in [6, 6.07) is 12.7. The Kier molecular flexibility index (Phi) is 13.3. The lowest BCUT2D eigenvalue weighted by molar-refractivity contribution is 0.0734. The van der Waals surface area contributed by atoms with Gasteiger partial charge < -0.3 is 4.74 Å². The number of ether oxygens (including phenoxy) is 1. The highest BCUT2D eigenvalue weighted by Gasteiger charge is 2.12. The predicted octanol–water partition coefficient (Wildman–Crippen LogP) is 9.82. The Labute approximate surface area is 234 Å². The average Bonchev–Trinajstić information content (AvgIpc) is 2.94. The minimum atomic E-state index is -0.418. The highest BCUT2D eigenvalue weighted by molar-refractivity contribution is 6.31. The van der Waals surface area contributed by atoms with Crippen molar-refractivity contribution in [1.29, 1.82) is 0 Å². The average molecular weight is 535 g/mol. The minimum absolute atomic E-state index is 0.418. The standard InChI is InChI=1S/C33H43ClN2O2/c1-3-5-7-9-10-11-12-13-15-26-24-35-32(36-25-26)28-19-21-30(22-20-28)38-33(37)29-18-17-27(31(34)23-29)16-14-8-6-4-2/h17-25H,3-16H2,1-2H3. The summed E-state index contributed by atoms with van der Waals surface area (Å²) in [7, 11) is 0. The number of unbranched alkanes of at least 4 members (excludes halogenated alkanes) is 10. The number of aryl methyl sites for hydroxylation is 2. The second-order valence-corrected chi connectivity index (χ2v) is 10.6. The number of halogens is 1. The van der Waals surface area contributed by atoms with Crippen LogP contribution in [0.25, 0.3) is 11.4 Å². The van der Waals surface area contributed by atoms with Crippen LogP contribution in [-0.4, -0.2) is 15.9 Å². The zero-order chi connectivity index (χ0) is 27.0. The summed E-state index contributed by atoms with van der Waals surface area (Å²) in [5, 5.41) is 0.620. The molecule has 0 saturated heterocycles.